The summed E-state index contributed by atoms with van der Waals surface area (Å²) >= 11 is 3.54. The van der Waals surface area contributed by atoms with Crippen molar-refractivity contribution in [2.75, 3.05) is 6.61 Å². The first-order chi connectivity index (χ1) is 6.75. The molecule has 0 aromatic heterocycles. The Labute approximate surface area is 92.8 Å². The van der Waals surface area contributed by atoms with Crippen LogP contribution in [0.15, 0.2) is 28.7 Å². The Bertz CT molecular complexity index is 316. The van der Waals surface area contributed by atoms with E-state index >= 15 is 0 Å². The van der Waals surface area contributed by atoms with E-state index < -0.39 is 0 Å². The molecule has 1 N–H and O–H groups in total. The molecule has 0 aliphatic carbocycles. The highest BCUT2D eigenvalue weighted by Crippen LogP contribution is 2.19. The van der Waals surface area contributed by atoms with E-state index in [4.69, 9.17) is 4.74 Å². The highest BCUT2D eigenvalue weighted by atomic mass is 79.9. The summed E-state index contributed by atoms with van der Waals surface area (Å²) in [6.45, 7) is 2.95. The van der Waals surface area contributed by atoms with E-state index in [2.05, 4.69) is 46.4 Å². The molecular formula is C11H14BrNO. The van der Waals surface area contributed by atoms with Crippen LogP contribution in [0.4, 0.5) is 0 Å². The number of halogens is 1. The van der Waals surface area contributed by atoms with Crippen LogP contribution < -0.4 is 5.32 Å². The maximum absolute atomic E-state index is 5.59. The first kappa shape index (κ1) is 10.1. The van der Waals surface area contributed by atoms with Gasteiger partial charge in [-0.15, -0.1) is 0 Å². The second-order valence-electron chi connectivity index (χ2n) is 3.69. The molecule has 1 aromatic rings. The lowest BCUT2D eigenvalue weighted by molar-refractivity contribution is 0.101. The van der Waals surface area contributed by atoms with Crippen molar-refractivity contribution >= 4 is 15.9 Å². The van der Waals surface area contributed by atoms with E-state index in [1.165, 1.54) is 5.56 Å². The van der Waals surface area contributed by atoms with Gasteiger partial charge in [-0.25, -0.2) is 0 Å². The number of hydrogen-bond donors (Lipinski definition) is 1. The number of benzene rings is 1. The largest absolute Gasteiger partial charge is 0.361 e. The standard InChI is InChI=1S/C11H14BrNO/c1-8-7-14-11(13-8)6-9-4-2-3-5-10(9)12/h2-5,8,11,13H,6-7H2,1H3. The Hall–Kier alpha value is -0.380. The third-order valence-corrected chi connectivity index (χ3v) is 3.15. The summed E-state index contributed by atoms with van der Waals surface area (Å²) in [5.74, 6) is 0. The van der Waals surface area contributed by atoms with Crippen molar-refractivity contribution in [2.24, 2.45) is 0 Å². The topological polar surface area (TPSA) is 21.3 Å². The van der Waals surface area contributed by atoms with Crippen LogP contribution in [0.2, 0.25) is 0 Å². The molecule has 1 aliphatic heterocycles. The lowest BCUT2D eigenvalue weighted by Gasteiger charge is -2.11. The van der Waals surface area contributed by atoms with Crippen molar-refractivity contribution in [1.29, 1.82) is 0 Å². The Morgan fingerprint density at radius 3 is 2.93 bits per heavy atom. The summed E-state index contributed by atoms with van der Waals surface area (Å²) in [7, 11) is 0. The number of ether oxygens (including phenoxy) is 1. The minimum absolute atomic E-state index is 0.170. The Morgan fingerprint density at radius 2 is 2.29 bits per heavy atom. The van der Waals surface area contributed by atoms with Gasteiger partial charge in [0.05, 0.1) is 6.61 Å². The average molecular weight is 256 g/mol. The fourth-order valence-electron chi connectivity index (χ4n) is 1.66. The van der Waals surface area contributed by atoms with Gasteiger partial charge in [0.15, 0.2) is 0 Å². The molecule has 0 bridgehead atoms. The summed E-state index contributed by atoms with van der Waals surface area (Å²) in [6.07, 6.45) is 1.09. The monoisotopic (exact) mass is 255 g/mol. The minimum Gasteiger partial charge on any atom is -0.361 e. The zero-order valence-corrected chi connectivity index (χ0v) is 9.75. The molecule has 14 heavy (non-hydrogen) atoms. The summed E-state index contributed by atoms with van der Waals surface area (Å²) in [5, 5.41) is 3.39. The second kappa shape index (κ2) is 4.43. The van der Waals surface area contributed by atoms with E-state index in [1.807, 2.05) is 6.07 Å². The highest BCUT2D eigenvalue weighted by molar-refractivity contribution is 9.10. The third kappa shape index (κ3) is 2.35. The van der Waals surface area contributed by atoms with Gasteiger partial charge in [0.25, 0.3) is 0 Å². The predicted molar refractivity (Wildman–Crippen MR) is 60.2 cm³/mol. The molecule has 2 rings (SSSR count). The predicted octanol–water partition coefficient (Wildman–Crippen LogP) is 2.33. The molecule has 1 saturated heterocycles. The van der Waals surface area contributed by atoms with Crippen molar-refractivity contribution in [3.05, 3.63) is 34.3 Å². The van der Waals surface area contributed by atoms with Crippen LogP contribution in [0.3, 0.4) is 0 Å². The minimum atomic E-state index is 0.170. The van der Waals surface area contributed by atoms with E-state index in [0.717, 1.165) is 17.5 Å². The van der Waals surface area contributed by atoms with E-state index in [-0.39, 0.29) is 6.23 Å². The van der Waals surface area contributed by atoms with Crippen molar-refractivity contribution in [1.82, 2.24) is 5.32 Å². The molecule has 2 unspecified atom stereocenters. The van der Waals surface area contributed by atoms with Gasteiger partial charge in [-0.3, -0.25) is 5.32 Å². The molecule has 1 heterocycles. The van der Waals surface area contributed by atoms with Gasteiger partial charge >= 0.3 is 0 Å². The number of rotatable bonds is 2. The average Bonchev–Trinajstić information content (AvgIpc) is 2.56. The second-order valence-corrected chi connectivity index (χ2v) is 4.54. The molecule has 0 spiro atoms. The zero-order chi connectivity index (χ0) is 9.97. The molecule has 0 saturated carbocycles. The molecule has 2 nitrogen and oxygen atoms in total. The first-order valence-corrected chi connectivity index (χ1v) is 5.66. The molecule has 3 heteroatoms. The number of nitrogens with one attached hydrogen (secondary N) is 1. The van der Waals surface area contributed by atoms with Gasteiger partial charge in [-0.2, -0.15) is 0 Å². The van der Waals surface area contributed by atoms with Crippen molar-refractivity contribution in [3.63, 3.8) is 0 Å². The van der Waals surface area contributed by atoms with Crippen LogP contribution in [0.1, 0.15) is 12.5 Å². The molecule has 1 aromatic carbocycles. The van der Waals surface area contributed by atoms with Gasteiger partial charge in [0.1, 0.15) is 6.23 Å². The smallest absolute Gasteiger partial charge is 0.112 e. The van der Waals surface area contributed by atoms with Gasteiger partial charge in [-0.1, -0.05) is 34.1 Å². The van der Waals surface area contributed by atoms with Crippen LogP contribution in [-0.4, -0.2) is 18.9 Å². The molecule has 1 fully saturated rings. The SMILES string of the molecule is CC1COC(Cc2ccccc2Br)N1. The normalized spacial score (nSPS) is 26.7. The van der Waals surface area contributed by atoms with Gasteiger partial charge in [0, 0.05) is 16.9 Å². The van der Waals surface area contributed by atoms with Crippen molar-refractivity contribution < 1.29 is 4.74 Å². The zero-order valence-electron chi connectivity index (χ0n) is 8.16. The summed E-state index contributed by atoms with van der Waals surface area (Å²) in [4.78, 5) is 0. The third-order valence-electron chi connectivity index (χ3n) is 2.38. The van der Waals surface area contributed by atoms with Crippen LogP contribution in [0, 0.1) is 0 Å². The van der Waals surface area contributed by atoms with E-state index in [1.54, 1.807) is 0 Å². The maximum atomic E-state index is 5.59. The van der Waals surface area contributed by atoms with Crippen molar-refractivity contribution in [2.45, 2.75) is 25.6 Å². The summed E-state index contributed by atoms with van der Waals surface area (Å²) < 4.78 is 6.75. The van der Waals surface area contributed by atoms with Crippen molar-refractivity contribution in [3.8, 4) is 0 Å². The number of hydrogen-bond acceptors (Lipinski definition) is 2. The van der Waals surface area contributed by atoms with Crippen LogP contribution in [0.25, 0.3) is 0 Å². The summed E-state index contributed by atoms with van der Waals surface area (Å²) in [6, 6.07) is 8.74. The molecule has 0 radical (unpaired) electrons. The van der Waals surface area contributed by atoms with Gasteiger partial charge in [-0.05, 0) is 18.6 Å². The van der Waals surface area contributed by atoms with Gasteiger partial charge < -0.3 is 4.74 Å². The Balaban J connectivity index is 2.01. The molecule has 2 atom stereocenters. The van der Waals surface area contributed by atoms with Crippen LogP contribution in [0.5, 0.6) is 0 Å². The quantitative estimate of drug-likeness (QED) is 0.876. The van der Waals surface area contributed by atoms with Gasteiger partial charge in [0.2, 0.25) is 0 Å². The Morgan fingerprint density at radius 1 is 1.50 bits per heavy atom. The molecule has 76 valence electrons. The van der Waals surface area contributed by atoms with E-state index in [9.17, 15) is 0 Å². The fourth-order valence-corrected chi connectivity index (χ4v) is 2.10. The molecule has 0 amide bonds. The fraction of sp³-hybridized carbons (Fsp3) is 0.455. The lowest BCUT2D eigenvalue weighted by atomic mass is 10.1. The van der Waals surface area contributed by atoms with Crippen LogP contribution >= 0.6 is 15.9 Å². The van der Waals surface area contributed by atoms with E-state index in [0.29, 0.717) is 6.04 Å². The molecule has 1 aliphatic rings. The lowest BCUT2D eigenvalue weighted by Crippen LogP contribution is -2.29. The Kier molecular flexibility index (Phi) is 3.21. The van der Waals surface area contributed by atoms with Crippen LogP contribution in [-0.2, 0) is 11.2 Å². The summed E-state index contributed by atoms with van der Waals surface area (Å²) in [5.41, 5.74) is 1.29. The highest BCUT2D eigenvalue weighted by Gasteiger charge is 2.21. The first-order valence-electron chi connectivity index (χ1n) is 4.87. The molecular weight excluding hydrogens is 242 g/mol. The maximum Gasteiger partial charge on any atom is 0.112 e.